The Morgan fingerprint density at radius 2 is 1.75 bits per heavy atom. The van der Waals surface area contributed by atoms with Crippen LogP contribution in [-0.4, -0.2) is 44.3 Å². The Labute approximate surface area is 98.9 Å². The molecule has 0 bridgehead atoms. The molecule has 0 aromatic carbocycles. The van der Waals surface area contributed by atoms with E-state index in [9.17, 15) is 13.2 Å². The summed E-state index contributed by atoms with van der Waals surface area (Å²) in [4.78, 5) is 13.7. The molecule has 0 aliphatic rings. The lowest BCUT2D eigenvalue weighted by Gasteiger charge is -2.30. The summed E-state index contributed by atoms with van der Waals surface area (Å²) in [6.07, 6.45) is 1.94. The molecule has 0 aliphatic heterocycles. The molecule has 96 valence electrons. The first-order chi connectivity index (χ1) is 7.14. The molecule has 0 N–H and O–H groups in total. The molecule has 1 amide bonds. The average Bonchev–Trinajstić information content (AvgIpc) is 2.16. The fourth-order valence-corrected chi connectivity index (χ4v) is 1.81. The van der Waals surface area contributed by atoms with Crippen LogP contribution >= 0.6 is 0 Å². The van der Waals surface area contributed by atoms with Crippen LogP contribution in [-0.2, 0) is 14.6 Å². The van der Waals surface area contributed by atoms with E-state index in [0.29, 0.717) is 6.54 Å². The van der Waals surface area contributed by atoms with E-state index in [4.69, 9.17) is 0 Å². The highest BCUT2D eigenvalue weighted by Gasteiger charge is 2.29. The van der Waals surface area contributed by atoms with E-state index in [1.165, 1.54) is 6.26 Å². The minimum absolute atomic E-state index is 0.0288. The minimum atomic E-state index is -3.01. The van der Waals surface area contributed by atoms with Crippen molar-refractivity contribution in [3.05, 3.63) is 0 Å². The minimum Gasteiger partial charge on any atom is -0.341 e. The van der Waals surface area contributed by atoms with Crippen LogP contribution in [0.2, 0.25) is 0 Å². The largest absolute Gasteiger partial charge is 0.341 e. The topological polar surface area (TPSA) is 54.5 Å². The number of hydrogen-bond acceptors (Lipinski definition) is 3. The van der Waals surface area contributed by atoms with Gasteiger partial charge in [0, 0.05) is 24.8 Å². The second-order valence-electron chi connectivity index (χ2n) is 4.75. The Bertz CT molecular complexity index is 333. The van der Waals surface area contributed by atoms with E-state index < -0.39 is 15.3 Å². The smallest absolute Gasteiger partial charge is 0.228 e. The van der Waals surface area contributed by atoms with Gasteiger partial charge in [-0.05, 0) is 13.3 Å². The summed E-state index contributed by atoms with van der Waals surface area (Å²) in [5, 5.41) is 0. The number of sulfone groups is 1. The molecule has 0 fully saturated rings. The van der Waals surface area contributed by atoms with Crippen LogP contribution < -0.4 is 0 Å². The third-order valence-corrected chi connectivity index (χ3v) is 3.79. The molecule has 0 atom stereocenters. The molecule has 0 spiro atoms. The first-order valence-electron chi connectivity index (χ1n) is 5.61. The van der Waals surface area contributed by atoms with Gasteiger partial charge < -0.3 is 4.90 Å². The van der Waals surface area contributed by atoms with Gasteiger partial charge in [0.1, 0.15) is 9.84 Å². The van der Waals surface area contributed by atoms with Gasteiger partial charge in [0.05, 0.1) is 5.75 Å². The van der Waals surface area contributed by atoms with Gasteiger partial charge in [0.25, 0.3) is 0 Å². The highest BCUT2D eigenvalue weighted by molar-refractivity contribution is 7.90. The Balaban J connectivity index is 4.57. The highest BCUT2D eigenvalue weighted by atomic mass is 32.2. The van der Waals surface area contributed by atoms with E-state index in [1.54, 1.807) is 4.90 Å². The van der Waals surface area contributed by atoms with Crippen LogP contribution in [0.1, 0.15) is 34.1 Å². The summed E-state index contributed by atoms with van der Waals surface area (Å²) in [6, 6.07) is 0. The number of carbonyl (C=O) groups excluding carboxylic acids is 1. The molecule has 0 aliphatic carbocycles. The SMILES string of the molecule is CCN(CCS(C)(=O)=O)C(=O)C(C)(C)CC. The lowest BCUT2D eigenvalue weighted by molar-refractivity contribution is -0.140. The van der Waals surface area contributed by atoms with Gasteiger partial charge in [0.15, 0.2) is 0 Å². The van der Waals surface area contributed by atoms with E-state index in [-0.39, 0.29) is 18.2 Å². The molecule has 0 rings (SSSR count). The summed E-state index contributed by atoms with van der Waals surface area (Å²) >= 11 is 0. The molecule has 0 aromatic heterocycles. The standard InChI is InChI=1S/C11H23NO3S/c1-6-11(3,4)10(13)12(7-2)8-9-16(5,14)15/h6-9H2,1-5H3. The molecule has 0 heterocycles. The van der Waals surface area contributed by atoms with Crippen molar-refractivity contribution in [2.45, 2.75) is 34.1 Å². The molecule has 0 saturated carbocycles. The zero-order valence-corrected chi connectivity index (χ0v) is 11.7. The van der Waals surface area contributed by atoms with Gasteiger partial charge in [-0.25, -0.2) is 8.42 Å². The van der Waals surface area contributed by atoms with E-state index in [0.717, 1.165) is 6.42 Å². The zero-order valence-electron chi connectivity index (χ0n) is 10.9. The molecular formula is C11H23NO3S. The van der Waals surface area contributed by atoms with Crippen molar-refractivity contribution in [2.75, 3.05) is 25.1 Å². The van der Waals surface area contributed by atoms with Crippen molar-refractivity contribution in [1.29, 1.82) is 0 Å². The molecule has 0 saturated heterocycles. The second kappa shape index (κ2) is 5.66. The third kappa shape index (κ3) is 4.96. The molecule has 0 aromatic rings. The van der Waals surface area contributed by atoms with Gasteiger partial charge in [-0.2, -0.15) is 0 Å². The van der Waals surface area contributed by atoms with E-state index in [2.05, 4.69) is 0 Å². The molecule has 16 heavy (non-hydrogen) atoms. The van der Waals surface area contributed by atoms with Crippen molar-refractivity contribution in [3.63, 3.8) is 0 Å². The van der Waals surface area contributed by atoms with Crippen molar-refractivity contribution < 1.29 is 13.2 Å². The van der Waals surface area contributed by atoms with Crippen LogP contribution in [0.25, 0.3) is 0 Å². The summed E-state index contributed by atoms with van der Waals surface area (Å²) in [5.74, 6) is 0.0629. The van der Waals surface area contributed by atoms with Crippen molar-refractivity contribution >= 4 is 15.7 Å². The van der Waals surface area contributed by atoms with E-state index >= 15 is 0 Å². The lowest BCUT2D eigenvalue weighted by Crippen LogP contribution is -2.42. The fourth-order valence-electron chi connectivity index (χ4n) is 1.26. The van der Waals surface area contributed by atoms with Crippen molar-refractivity contribution in [2.24, 2.45) is 5.41 Å². The summed E-state index contributed by atoms with van der Waals surface area (Å²) < 4.78 is 22.1. The van der Waals surface area contributed by atoms with Crippen LogP contribution in [0.3, 0.4) is 0 Å². The van der Waals surface area contributed by atoms with Gasteiger partial charge in [-0.15, -0.1) is 0 Å². The normalized spacial score (nSPS) is 12.6. The molecule has 0 radical (unpaired) electrons. The first-order valence-corrected chi connectivity index (χ1v) is 7.67. The van der Waals surface area contributed by atoms with Gasteiger partial charge in [0.2, 0.25) is 5.91 Å². The monoisotopic (exact) mass is 249 g/mol. The van der Waals surface area contributed by atoms with Crippen LogP contribution in [0.4, 0.5) is 0 Å². The van der Waals surface area contributed by atoms with Crippen molar-refractivity contribution in [1.82, 2.24) is 4.90 Å². The highest BCUT2D eigenvalue weighted by Crippen LogP contribution is 2.22. The van der Waals surface area contributed by atoms with Gasteiger partial charge in [-0.1, -0.05) is 20.8 Å². The average molecular weight is 249 g/mol. The number of rotatable bonds is 6. The number of amides is 1. The van der Waals surface area contributed by atoms with Crippen molar-refractivity contribution in [3.8, 4) is 0 Å². The summed E-state index contributed by atoms with van der Waals surface area (Å²) in [5.41, 5.74) is -0.409. The Kier molecular flexibility index (Phi) is 5.46. The fraction of sp³-hybridized carbons (Fsp3) is 0.909. The summed E-state index contributed by atoms with van der Waals surface area (Å²) in [6.45, 7) is 8.44. The van der Waals surface area contributed by atoms with E-state index in [1.807, 2.05) is 27.7 Å². The van der Waals surface area contributed by atoms with Crippen LogP contribution in [0.5, 0.6) is 0 Å². The quantitative estimate of drug-likeness (QED) is 0.713. The maximum Gasteiger partial charge on any atom is 0.228 e. The Morgan fingerprint density at radius 1 is 1.25 bits per heavy atom. The Morgan fingerprint density at radius 3 is 2.06 bits per heavy atom. The van der Waals surface area contributed by atoms with Gasteiger partial charge >= 0.3 is 0 Å². The maximum absolute atomic E-state index is 12.1. The lowest BCUT2D eigenvalue weighted by atomic mass is 9.88. The predicted octanol–water partition coefficient (Wildman–Crippen LogP) is 1.32. The van der Waals surface area contributed by atoms with Gasteiger partial charge in [-0.3, -0.25) is 4.79 Å². The summed E-state index contributed by atoms with van der Waals surface area (Å²) in [7, 11) is -3.01. The Hall–Kier alpha value is -0.580. The first kappa shape index (κ1) is 15.4. The number of carbonyl (C=O) groups is 1. The van der Waals surface area contributed by atoms with Crippen LogP contribution in [0, 0.1) is 5.41 Å². The molecule has 4 nitrogen and oxygen atoms in total. The second-order valence-corrected chi connectivity index (χ2v) is 7.01. The molecular weight excluding hydrogens is 226 g/mol. The maximum atomic E-state index is 12.1. The third-order valence-electron chi connectivity index (χ3n) is 2.86. The number of nitrogens with zero attached hydrogens (tertiary/aromatic N) is 1. The number of hydrogen-bond donors (Lipinski definition) is 0. The predicted molar refractivity (Wildman–Crippen MR) is 66.0 cm³/mol. The van der Waals surface area contributed by atoms with Crippen LogP contribution in [0.15, 0.2) is 0 Å². The zero-order chi connectivity index (χ0) is 13.0. The molecule has 0 unspecified atom stereocenters. The molecule has 5 heteroatoms.